The smallest absolute Gasteiger partial charge is 0.247 e. The number of aromatic hydroxyl groups is 1. The Hall–Kier alpha value is -1.77. The summed E-state index contributed by atoms with van der Waals surface area (Å²) >= 11 is 0. The van der Waals surface area contributed by atoms with Gasteiger partial charge in [-0.2, -0.15) is 0 Å². The Morgan fingerprint density at radius 2 is 1.70 bits per heavy atom. The minimum absolute atomic E-state index is 0.0234. The van der Waals surface area contributed by atoms with Crippen LogP contribution in [0.25, 0.3) is 6.08 Å². The number of hydrogen-bond donors (Lipinski definition) is 2. The number of carbonyl (C=O) groups is 1. The van der Waals surface area contributed by atoms with E-state index in [2.05, 4.69) is 33.0 Å². The fourth-order valence-electron chi connectivity index (χ4n) is 2.54. The normalized spacial score (nSPS) is 17.3. The molecule has 1 heterocycles. The van der Waals surface area contributed by atoms with E-state index in [1.807, 2.05) is 18.2 Å². The molecule has 1 aliphatic rings. The molecular formula is C17H23NO2. The molecule has 20 heavy (non-hydrogen) atoms. The monoisotopic (exact) mass is 273 g/mol. The van der Waals surface area contributed by atoms with Gasteiger partial charge in [-0.1, -0.05) is 27.7 Å². The molecule has 0 atom stereocenters. The molecule has 0 unspecified atom stereocenters. The molecule has 0 bridgehead atoms. The molecule has 2 N–H and O–H groups in total. The lowest BCUT2D eigenvalue weighted by Crippen LogP contribution is -2.14. The van der Waals surface area contributed by atoms with Gasteiger partial charge < -0.3 is 10.4 Å². The van der Waals surface area contributed by atoms with E-state index >= 15 is 0 Å². The summed E-state index contributed by atoms with van der Waals surface area (Å²) in [6.07, 6.45) is 2.72. The molecule has 1 aromatic carbocycles. The van der Waals surface area contributed by atoms with E-state index in [0.29, 0.717) is 5.75 Å². The van der Waals surface area contributed by atoms with Crippen molar-refractivity contribution in [1.82, 2.24) is 5.32 Å². The summed E-state index contributed by atoms with van der Waals surface area (Å²) in [4.78, 5) is 11.7. The van der Waals surface area contributed by atoms with Crippen molar-refractivity contribution in [3.63, 3.8) is 0 Å². The number of phenolic OH excluding ortho intramolecular Hbond substituents is 1. The van der Waals surface area contributed by atoms with Crippen molar-refractivity contribution in [2.24, 2.45) is 0 Å². The summed E-state index contributed by atoms with van der Waals surface area (Å²) in [5, 5.41) is 13.2. The van der Waals surface area contributed by atoms with Gasteiger partial charge >= 0.3 is 0 Å². The molecule has 0 radical (unpaired) electrons. The van der Waals surface area contributed by atoms with Crippen molar-refractivity contribution in [3.05, 3.63) is 34.4 Å². The second kappa shape index (κ2) is 5.70. The molecule has 1 saturated heterocycles. The van der Waals surface area contributed by atoms with E-state index < -0.39 is 0 Å². The highest BCUT2D eigenvalue weighted by molar-refractivity contribution is 5.99. The maximum Gasteiger partial charge on any atom is 0.247 e. The zero-order valence-corrected chi connectivity index (χ0v) is 12.7. The highest BCUT2D eigenvalue weighted by Gasteiger charge is 2.18. The molecule has 0 aromatic heterocycles. The van der Waals surface area contributed by atoms with Crippen LogP contribution < -0.4 is 5.32 Å². The quantitative estimate of drug-likeness (QED) is 0.828. The fraction of sp³-hybridized carbons (Fsp3) is 0.471. The van der Waals surface area contributed by atoms with Crippen LogP contribution in [0.1, 0.15) is 62.6 Å². The maximum absolute atomic E-state index is 11.7. The molecule has 2 rings (SSSR count). The topological polar surface area (TPSA) is 49.3 Å². The van der Waals surface area contributed by atoms with Gasteiger partial charge in [-0.3, -0.25) is 4.79 Å². The van der Waals surface area contributed by atoms with Crippen LogP contribution in [0.5, 0.6) is 5.75 Å². The molecule has 0 spiro atoms. The van der Waals surface area contributed by atoms with E-state index in [1.165, 1.54) is 0 Å². The lowest BCUT2D eigenvalue weighted by molar-refractivity contribution is -0.116. The molecule has 0 saturated carbocycles. The van der Waals surface area contributed by atoms with E-state index in [4.69, 9.17) is 0 Å². The molecule has 108 valence electrons. The zero-order valence-electron chi connectivity index (χ0n) is 12.7. The van der Waals surface area contributed by atoms with E-state index in [9.17, 15) is 9.90 Å². The van der Waals surface area contributed by atoms with Gasteiger partial charge in [-0.05, 0) is 53.2 Å². The third kappa shape index (κ3) is 2.87. The summed E-state index contributed by atoms with van der Waals surface area (Å²) in [6.45, 7) is 8.99. The Bertz CT molecular complexity index is 527. The number of hydrogen-bond acceptors (Lipinski definition) is 2. The lowest BCUT2D eigenvalue weighted by atomic mass is 9.91. The summed E-state index contributed by atoms with van der Waals surface area (Å²) in [7, 11) is 0. The molecule has 1 amide bonds. The molecule has 0 aliphatic carbocycles. The minimum Gasteiger partial charge on any atom is -0.507 e. The average molecular weight is 273 g/mol. The zero-order chi connectivity index (χ0) is 14.9. The summed E-state index contributed by atoms with van der Waals surface area (Å²) < 4.78 is 0. The van der Waals surface area contributed by atoms with Crippen LogP contribution in [0.2, 0.25) is 0 Å². The second-order valence-electron chi connectivity index (χ2n) is 6.03. The summed E-state index contributed by atoms with van der Waals surface area (Å²) in [6, 6.07) is 3.98. The first-order valence-electron chi connectivity index (χ1n) is 7.25. The highest BCUT2D eigenvalue weighted by Crippen LogP contribution is 2.35. The first-order chi connectivity index (χ1) is 9.40. The predicted molar refractivity (Wildman–Crippen MR) is 81.9 cm³/mol. The number of amides is 1. The fourth-order valence-corrected chi connectivity index (χ4v) is 2.54. The molecule has 1 aromatic rings. The maximum atomic E-state index is 11.7. The largest absolute Gasteiger partial charge is 0.507 e. The van der Waals surface area contributed by atoms with Gasteiger partial charge in [0.05, 0.1) is 0 Å². The number of carbonyl (C=O) groups excluding carboxylic acids is 1. The average Bonchev–Trinajstić information content (AvgIpc) is 2.76. The van der Waals surface area contributed by atoms with Crippen molar-refractivity contribution < 1.29 is 9.90 Å². The van der Waals surface area contributed by atoms with E-state index in [-0.39, 0.29) is 17.7 Å². The minimum atomic E-state index is 0.0234. The Kier molecular flexibility index (Phi) is 4.17. The van der Waals surface area contributed by atoms with Crippen molar-refractivity contribution in [2.45, 2.75) is 46.0 Å². The Labute approximate surface area is 120 Å². The number of phenols is 1. The van der Waals surface area contributed by atoms with Crippen LogP contribution in [0.15, 0.2) is 17.7 Å². The van der Waals surface area contributed by atoms with Crippen molar-refractivity contribution >= 4 is 12.0 Å². The van der Waals surface area contributed by atoms with Gasteiger partial charge in [-0.15, -0.1) is 0 Å². The molecule has 1 aliphatic heterocycles. The molecule has 1 fully saturated rings. The second-order valence-corrected chi connectivity index (χ2v) is 6.03. The Morgan fingerprint density at radius 3 is 2.10 bits per heavy atom. The van der Waals surface area contributed by atoms with Gasteiger partial charge in [0.15, 0.2) is 0 Å². The number of rotatable bonds is 3. The van der Waals surface area contributed by atoms with Crippen molar-refractivity contribution in [2.75, 3.05) is 6.54 Å². The van der Waals surface area contributed by atoms with Gasteiger partial charge in [0.25, 0.3) is 0 Å². The van der Waals surface area contributed by atoms with Crippen LogP contribution in [0.4, 0.5) is 0 Å². The van der Waals surface area contributed by atoms with Gasteiger partial charge in [0.2, 0.25) is 5.91 Å². The van der Waals surface area contributed by atoms with Crippen LogP contribution in [-0.4, -0.2) is 17.6 Å². The van der Waals surface area contributed by atoms with Crippen LogP contribution in [0, 0.1) is 0 Å². The van der Waals surface area contributed by atoms with Crippen LogP contribution in [-0.2, 0) is 4.79 Å². The first-order valence-corrected chi connectivity index (χ1v) is 7.25. The van der Waals surface area contributed by atoms with E-state index in [1.54, 1.807) is 0 Å². The van der Waals surface area contributed by atoms with Crippen LogP contribution in [0.3, 0.4) is 0 Å². The number of nitrogens with one attached hydrogen (secondary N) is 1. The van der Waals surface area contributed by atoms with E-state index in [0.717, 1.165) is 35.2 Å². The van der Waals surface area contributed by atoms with Crippen molar-refractivity contribution in [3.8, 4) is 5.75 Å². The predicted octanol–water partition coefficient (Wildman–Crippen LogP) is 3.54. The lowest BCUT2D eigenvalue weighted by Gasteiger charge is -2.16. The third-order valence-electron chi connectivity index (χ3n) is 3.75. The molecule has 3 heteroatoms. The van der Waals surface area contributed by atoms with Gasteiger partial charge in [0, 0.05) is 12.1 Å². The Balaban J connectivity index is 2.51. The molecule has 3 nitrogen and oxygen atoms in total. The van der Waals surface area contributed by atoms with Gasteiger partial charge in [-0.25, -0.2) is 0 Å². The standard InChI is InChI=1S/C17H23NO2/c1-10(2)14-8-12(7-13-5-6-18-17(13)20)9-15(11(3)4)16(14)19/h7-11,19H,5-6H2,1-4H3,(H,18,20)/b13-7-. The van der Waals surface area contributed by atoms with Crippen molar-refractivity contribution in [1.29, 1.82) is 0 Å². The highest BCUT2D eigenvalue weighted by atomic mass is 16.3. The summed E-state index contributed by atoms with van der Waals surface area (Å²) in [5.41, 5.74) is 3.71. The Morgan fingerprint density at radius 1 is 1.15 bits per heavy atom. The van der Waals surface area contributed by atoms with Gasteiger partial charge in [0.1, 0.15) is 5.75 Å². The van der Waals surface area contributed by atoms with Crippen LogP contribution >= 0.6 is 0 Å². The first kappa shape index (κ1) is 14.6. The summed E-state index contributed by atoms with van der Waals surface area (Å²) in [5.74, 6) is 0.926. The number of benzene rings is 1. The SMILES string of the molecule is CC(C)c1cc(/C=C2/CCNC2=O)cc(C(C)C)c1O. The molecular weight excluding hydrogens is 250 g/mol. The third-order valence-corrected chi connectivity index (χ3v) is 3.75.